The van der Waals surface area contributed by atoms with Gasteiger partial charge in [0.15, 0.2) is 5.75 Å². The first-order valence-corrected chi connectivity index (χ1v) is 15.8. The van der Waals surface area contributed by atoms with Crippen molar-refractivity contribution in [2.24, 2.45) is 0 Å². The molecule has 2 heterocycles. The summed E-state index contributed by atoms with van der Waals surface area (Å²) in [5.41, 5.74) is -4.44. The molecule has 13 heteroatoms. The Balaban J connectivity index is 1.82. The molecule has 0 aliphatic carbocycles. The number of alkyl halides is 3. The molecule has 0 saturated heterocycles. The Bertz CT molecular complexity index is 1770. The summed E-state index contributed by atoms with van der Waals surface area (Å²) in [7, 11) is -5.05. The topological polar surface area (TPSA) is 81.5 Å². The van der Waals surface area contributed by atoms with Gasteiger partial charge in [0.1, 0.15) is 17.3 Å². The van der Waals surface area contributed by atoms with Crippen molar-refractivity contribution in [3.63, 3.8) is 0 Å². The molecule has 40 heavy (non-hydrogen) atoms. The molecule has 1 aliphatic heterocycles. The second kappa shape index (κ2) is 9.85. The number of hydrogen-bond donors (Lipinski definition) is 0. The molecule has 4 aromatic rings. The molecule has 0 spiro atoms. The number of amides is 1. The molecule has 1 aliphatic rings. The minimum absolute atomic E-state index is 0.0749. The third kappa shape index (κ3) is 4.53. The maximum atomic E-state index is 15.2. The largest absolute Gasteiger partial charge is 0.534 e. The van der Waals surface area contributed by atoms with E-state index in [1.807, 2.05) is 26.3 Å². The quantitative estimate of drug-likeness (QED) is 0.123. The zero-order valence-electron chi connectivity index (χ0n) is 21.8. The molecule has 210 valence electrons. The van der Waals surface area contributed by atoms with Crippen LogP contribution in [0.15, 0.2) is 54.6 Å². The van der Waals surface area contributed by atoms with Gasteiger partial charge in [0, 0.05) is 12.6 Å². The predicted molar refractivity (Wildman–Crippen MR) is 146 cm³/mol. The van der Waals surface area contributed by atoms with Crippen LogP contribution in [0, 0.1) is 5.82 Å². The van der Waals surface area contributed by atoms with Gasteiger partial charge in [-0.3, -0.25) is 9.36 Å². The molecular weight excluding hydrogens is 569 g/mol. The third-order valence-electron chi connectivity index (χ3n) is 6.87. The molecular formula is C27H24F4N3O4PS. The van der Waals surface area contributed by atoms with Gasteiger partial charge in [-0.05, 0) is 61.0 Å². The Hall–Kier alpha value is -3.50. The Morgan fingerprint density at radius 2 is 1.77 bits per heavy atom. The van der Waals surface area contributed by atoms with E-state index in [-0.39, 0.29) is 11.3 Å². The monoisotopic (exact) mass is 593 g/mol. The molecule has 7 nitrogen and oxygen atoms in total. The lowest BCUT2D eigenvalue weighted by Gasteiger charge is -2.24. The Labute approximate surface area is 229 Å². The molecule has 5 rings (SSSR count). The Kier molecular flexibility index (Phi) is 6.90. The SMILES string of the molecule is CCC1c2nc3ccc(-c4ccc(P(C)C)cc4F)cc3n2-c2c(OS(=O)(=O)C(F)(F)F)cccc2C(=O)N1C. The number of fused-ring (bicyclic) bond motifs is 5. The lowest BCUT2D eigenvalue weighted by molar-refractivity contribution is -0.0500. The van der Waals surface area contributed by atoms with Crippen LogP contribution in [0.5, 0.6) is 5.75 Å². The van der Waals surface area contributed by atoms with Gasteiger partial charge in [0.25, 0.3) is 5.91 Å². The fourth-order valence-corrected chi connectivity index (χ4v) is 6.07. The highest BCUT2D eigenvalue weighted by Gasteiger charge is 2.49. The van der Waals surface area contributed by atoms with E-state index in [1.165, 1.54) is 34.7 Å². The van der Waals surface area contributed by atoms with Gasteiger partial charge in [-0.1, -0.05) is 39.1 Å². The molecule has 0 radical (unpaired) electrons. The summed E-state index contributed by atoms with van der Waals surface area (Å²) in [6.07, 6.45) is 0.399. The van der Waals surface area contributed by atoms with Gasteiger partial charge in [-0.2, -0.15) is 21.6 Å². The van der Waals surface area contributed by atoms with Crippen molar-refractivity contribution in [1.29, 1.82) is 0 Å². The van der Waals surface area contributed by atoms with Crippen molar-refractivity contribution in [2.75, 3.05) is 20.4 Å². The molecule has 0 bridgehead atoms. The predicted octanol–water partition coefficient (Wildman–Crippen LogP) is 5.96. The third-order valence-corrected chi connectivity index (χ3v) is 9.15. The van der Waals surface area contributed by atoms with E-state index < -0.39 is 47.1 Å². The first-order valence-electron chi connectivity index (χ1n) is 12.2. The van der Waals surface area contributed by atoms with E-state index in [1.54, 1.807) is 24.3 Å². The molecule has 1 atom stereocenters. The zero-order valence-corrected chi connectivity index (χ0v) is 23.5. The standard InChI is InChI=1S/C27H24F4N3O4PS/c1-5-21-25-32-20-12-9-15(17-11-10-16(39(3)4)14-19(17)28)13-22(20)34(25)24-18(26(35)33(21)2)7-6-8-23(24)38-40(36,37)27(29,30)31/h6-14,21H,5H2,1-4H3. The highest BCUT2D eigenvalue weighted by atomic mass is 32.2. The van der Waals surface area contributed by atoms with Crippen molar-refractivity contribution >= 4 is 40.3 Å². The van der Waals surface area contributed by atoms with Crippen LogP contribution in [-0.4, -0.2) is 54.7 Å². The van der Waals surface area contributed by atoms with Crippen LogP contribution in [-0.2, 0) is 10.1 Å². The van der Waals surface area contributed by atoms with Crippen molar-refractivity contribution < 1.29 is 35.0 Å². The van der Waals surface area contributed by atoms with Crippen molar-refractivity contribution in [2.45, 2.75) is 24.9 Å². The Morgan fingerprint density at radius 3 is 2.40 bits per heavy atom. The van der Waals surface area contributed by atoms with E-state index in [0.717, 1.165) is 11.4 Å². The number of para-hydroxylation sites is 1. The van der Waals surface area contributed by atoms with E-state index >= 15 is 4.39 Å². The number of imidazole rings is 1. The molecule has 3 aromatic carbocycles. The minimum Gasteiger partial charge on any atom is -0.374 e. The van der Waals surface area contributed by atoms with Crippen LogP contribution >= 0.6 is 7.92 Å². The number of aromatic nitrogens is 2. The van der Waals surface area contributed by atoms with E-state index in [2.05, 4.69) is 9.17 Å². The summed E-state index contributed by atoms with van der Waals surface area (Å²) in [5.74, 6) is -1.38. The highest BCUT2D eigenvalue weighted by Crippen LogP contribution is 2.42. The number of hydrogen-bond acceptors (Lipinski definition) is 5. The summed E-state index contributed by atoms with van der Waals surface area (Å²) in [4.78, 5) is 19.5. The number of nitrogens with zero attached hydrogens (tertiary/aromatic N) is 3. The highest BCUT2D eigenvalue weighted by molar-refractivity contribution is 7.88. The summed E-state index contributed by atoms with van der Waals surface area (Å²) in [6.45, 7) is 5.84. The van der Waals surface area contributed by atoms with E-state index in [9.17, 15) is 26.4 Å². The molecule has 1 amide bonds. The second-order valence-electron chi connectivity index (χ2n) is 9.54. The summed E-state index contributed by atoms with van der Waals surface area (Å²) < 4.78 is 85.1. The number of benzene rings is 3. The van der Waals surface area contributed by atoms with Gasteiger partial charge >= 0.3 is 15.6 Å². The van der Waals surface area contributed by atoms with Gasteiger partial charge < -0.3 is 9.08 Å². The molecule has 0 fully saturated rings. The number of carbonyl (C=O) groups excluding carboxylic acids is 1. The maximum Gasteiger partial charge on any atom is 0.534 e. The van der Waals surface area contributed by atoms with Crippen molar-refractivity contribution in [1.82, 2.24) is 14.5 Å². The van der Waals surface area contributed by atoms with Crippen LogP contribution in [0.2, 0.25) is 0 Å². The number of carbonyl (C=O) groups is 1. The second-order valence-corrected chi connectivity index (χ2v) is 13.4. The number of rotatable bonds is 5. The maximum absolute atomic E-state index is 15.2. The molecule has 0 N–H and O–H groups in total. The van der Waals surface area contributed by atoms with Crippen molar-refractivity contribution in [3.8, 4) is 22.6 Å². The molecule has 1 aromatic heterocycles. The van der Waals surface area contributed by atoms with Gasteiger partial charge in [-0.15, -0.1) is 0 Å². The molecule has 0 saturated carbocycles. The first-order chi connectivity index (χ1) is 18.7. The Morgan fingerprint density at radius 1 is 1.05 bits per heavy atom. The number of halogens is 4. The summed E-state index contributed by atoms with van der Waals surface area (Å²) in [6, 6.07) is 13.0. The van der Waals surface area contributed by atoms with E-state index in [4.69, 9.17) is 0 Å². The van der Waals surface area contributed by atoms with Crippen LogP contribution < -0.4 is 9.49 Å². The first kappa shape index (κ1) is 28.0. The summed E-state index contributed by atoms with van der Waals surface area (Å²) >= 11 is 0. The summed E-state index contributed by atoms with van der Waals surface area (Å²) in [5, 5.41) is 0.879. The fraction of sp³-hybridized carbons (Fsp3) is 0.259. The van der Waals surface area contributed by atoms with Crippen LogP contribution in [0.25, 0.3) is 27.8 Å². The van der Waals surface area contributed by atoms with E-state index in [0.29, 0.717) is 34.4 Å². The average molecular weight is 594 g/mol. The van der Waals surface area contributed by atoms with Gasteiger partial charge in [-0.25, -0.2) is 9.37 Å². The average Bonchev–Trinajstić information content (AvgIpc) is 3.21. The smallest absolute Gasteiger partial charge is 0.374 e. The lowest BCUT2D eigenvalue weighted by Crippen LogP contribution is -2.30. The lowest BCUT2D eigenvalue weighted by atomic mass is 10.0. The van der Waals surface area contributed by atoms with Crippen LogP contribution in [0.4, 0.5) is 17.6 Å². The molecule has 1 unspecified atom stereocenters. The van der Waals surface area contributed by atoms with Gasteiger partial charge in [0.2, 0.25) is 0 Å². The normalized spacial score (nSPS) is 15.8. The fourth-order valence-electron chi connectivity index (χ4n) is 4.86. The van der Waals surface area contributed by atoms with Crippen LogP contribution in [0.3, 0.4) is 0 Å². The van der Waals surface area contributed by atoms with Gasteiger partial charge in [0.05, 0.1) is 22.6 Å². The zero-order chi connectivity index (χ0) is 29.1. The van der Waals surface area contributed by atoms with Crippen molar-refractivity contribution in [3.05, 3.63) is 71.8 Å². The minimum atomic E-state index is -6.06. The van der Waals surface area contributed by atoms with Crippen LogP contribution in [0.1, 0.15) is 35.6 Å².